The monoisotopic (exact) mass is 828 g/mol. The van der Waals surface area contributed by atoms with Gasteiger partial charge in [-0.2, -0.15) is 0 Å². The summed E-state index contributed by atoms with van der Waals surface area (Å²) >= 11 is 0. The van der Waals surface area contributed by atoms with Gasteiger partial charge in [0.25, 0.3) is 0 Å². The highest BCUT2D eigenvalue weighted by Gasteiger charge is 2.38. The summed E-state index contributed by atoms with van der Waals surface area (Å²) in [5.41, 5.74) is 14.2. The number of nitrogens with zero attached hydrogens (tertiary/aromatic N) is 4. The van der Waals surface area contributed by atoms with E-state index < -0.39 is 8.07 Å². The molecule has 0 amide bonds. The van der Waals surface area contributed by atoms with Gasteiger partial charge in [0.15, 0.2) is 0 Å². The summed E-state index contributed by atoms with van der Waals surface area (Å²) in [6.07, 6.45) is 1.91. The number of phenols is 1. The van der Waals surface area contributed by atoms with Gasteiger partial charge in [-0.05, 0) is 91.3 Å². The molecule has 1 aliphatic rings. The molecule has 1 aliphatic heterocycles. The molecule has 0 saturated heterocycles. The first-order chi connectivity index (χ1) is 29.3. The van der Waals surface area contributed by atoms with Crippen molar-refractivity contribution < 1.29 is 5.11 Å². The molecule has 310 valence electrons. The molecule has 0 spiro atoms. The number of benzene rings is 6. The molecular weight excluding hydrogens is 773 g/mol. The SMILES string of the molecule is CC(C)(C)c1ccc(-n2c(-c3cc(C(C)(C)C)cc(C(C)(C)C)c3O)nc3c(-c4ccc5c(c4)-n4c6ncccc6c6cccc(c64)[Si]5(C)C)cccc32)c(-c2ccccc2)c1. The Morgan fingerprint density at radius 1 is 0.532 bits per heavy atom. The Labute approximate surface area is 366 Å². The van der Waals surface area contributed by atoms with Crippen LogP contribution in [0.2, 0.25) is 13.1 Å². The normalized spacial score (nSPS) is 13.9. The van der Waals surface area contributed by atoms with Crippen molar-refractivity contribution in [1.82, 2.24) is 19.1 Å². The Bertz CT molecular complexity index is 3270. The third kappa shape index (κ3) is 6.09. The van der Waals surface area contributed by atoms with Gasteiger partial charge in [0.05, 0.1) is 27.8 Å². The first-order valence-corrected chi connectivity index (χ1v) is 25.0. The maximum Gasteiger partial charge on any atom is 0.149 e. The fraction of sp³-hybridized carbons (Fsp3) is 0.250. The van der Waals surface area contributed by atoms with Gasteiger partial charge >= 0.3 is 0 Å². The van der Waals surface area contributed by atoms with Crippen LogP contribution in [0, 0.1) is 0 Å². The summed E-state index contributed by atoms with van der Waals surface area (Å²) in [5.74, 6) is 0.983. The van der Waals surface area contributed by atoms with Crippen molar-refractivity contribution in [2.75, 3.05) is 0 Å². The molecule has 0 fully saturated rings. The van der Waals surface area contributed by atoms with E-state index in [1.165, 1.54) is 37.9 Å². The van der Waals surface area contributed by atoms with Crippen molar-refractivity contribution in [1.29, 1.82) is 0 Å². The number of imidazole rings is 1. The molecular formula is C56H56N4OSi. The third-order valence-electron chi connectivity index (χ3n) is 13.3. The van der Waals surface area contributed by atoms with Crippen LogP contribution in [-0.2, 0) is 16.2 Å². The molecule has 3 aromatic heterocycles. The molecule has 9 aromatic rings. The molecule has 0 saturated carbocycles. The zero-order valence-electron chi connectivity index (χ0n) is 37.9. The Kier molecular flexibility index (Phi) is 8.76. The molecule has 0 radical (unpaired) electrons. The average molecular weight is 829 g/mol. The lowest BCUT2D eigenvalue weighted by atomic mass is 9.79. The fourth-order valence-corrected chi connectivity index (χ4v) is 12.8. The second-order valence-electron chi connectivity index (χ2n) is 21.0. The van der Waals surface area contributed by atoms with E-state index in [0.717, 1.165) is 61.3 Å². The third-order valence-corrected chi connectivity index (χ3v) is 16.9. The van der Waals surface area contributed by atoms with Gasteiger partial charge in [-0.3, -0.25) is 9.13 Å². The van der Waals surface area contributed by atoms with E-state index in [0.29, 0.717) is 5.82 Å². The topological polar surface area (TPSA) is 55.9 Å². The van der Waals surface area contributed by atoms with Crippen molar-refractivity contribution in [3.8, 4) is 50.8 Å². The maximum absolute atomic E-state index is 12.5. The summed E-state index contributed by atoms with van der Waals surface area (Å²) in [7, 11) is -2.10. The number of hydrogen-bond acceptors (Lipinski definition) is 3. The van der Waals surface area contributed by atoms with E-state index in [4.69, 9.17) is 9.97 Å². The summed E-state index contributed by atoms with van der Waals surface area (Å²) in [4.78, 5) is 10.7. The zero-order valence-corrected chi connectivity index (χ0v) is 38.9. The number of pyridine rings is 1. The largest absolute Gasteiger partial charge is 0.507 e. The van der Waals surface area contributed by atoms with E-state index >= 15 is 0 Å². The highest BCUT2D eigenvalue weighted by Crippen LogP contribution is 2.46. The van der Waals surface area contributed by atoms with Crippen LogP contribution in [-0.4, -0.2) is 32.3 Å². The van der Waals surface area contributed by atoms with E-state index in [2.05, 4.69) is 206 Å². The minimum Gasteiger partial charge on any atom is -0.507 e. The molecule has 5 nitrogen and oxygen atoms in total. The van der Waals surface area contributed by atoms with E-state index in [9.17, 15) is 5.11 Å². The molecule has 6 aromatic carbocycles. The van der Waals surface area contributed by atoms with Crippen molar-refractivity contribution in [2.24, 2.45) is 0 Å². The van der Waals surface area contributed by atoms with Gasteiger partial charge in [-0.15, -0.1) is 0 Å². The number of rotatable bonds is 4. The molecule has 4 heterocycles. The van der Waals surface area contributed by atoms with Crippen molar-refractivity contribution >= 4 is 51.4 Å². The van der Waals surface area contributed by atoms with Crippen LogP contribution >= 0.6 is 0 Å². The summed E-state index contributed by atoms with van der Waals surface area (Å²) in [6, 6.07) is 46.6. The molecule has 0 atom stereocenters. The highest BCUT2D eigenvalue weighted by molar-refractivity contribution is 7.02. The quantitative estimate of drug-likeness (QED) is 0.180. The second kappa shape index (κ2) is 13.6. The van der Waals surface area contributed by atoms with Crippen LogP contribution < -0.4 is 10.4 Å². The minimum atomic E-state index is -2.10. The highest BCUT2D eigenvalue weighted by atomic mass is 28.3. The Hall–Kier alpha value is -6.24. The molecule has 1 N–H and O–H groups in total. The fourth-order valence-electron chi connectivity index (χ4n) is 9.80. The van der Waals surface area contributed by atoms with Crippen LogP contribution in [0.5, 0.6) is 5.75 Å². The Morgan fingerprint density at radius 2 is 1.24 bits per heavy atom. The molecule has 6 heteroatoms. The van der Waals surface area contributed by atoms with Crippen LogP contribution in [0.4, 0.5) is 0 Å². The number of hydrogen-bond donors (Lipinski definition) is 1. The summed E-state index contributed by atoms with van der Waals surface area (Å²) in [6.45, 7) is 25.0. The maximum atomic E-state index is 12.5. The number of aromatic hydroxyl groups is 1. The predicted molar refractivity (Wildman–Crippen MR) is 264 cm³/mol. The number of para-hydroxylation sites is 2. The van der Waals surface area contributed by atoms with Gasteiger partial charge in [-0.25, -0.2) is 9.97 Å². The molecule has 0 unspecified atom stereocenters. The summed E-state index contributed by atoms with van der Waals surface area (Å²) < 4.78 is 4.72. The standard InChI is InChI=1S/C56H56N4OSi/c1-54(2,3)36-26-27-44(41(31-36)34-18-13-12-14-19-34)59-45-23-15-20-38(49(45)58-53(59)42-32-37(55(4,5)6)33-43(51(42)61)56(7,8)9)35-25-28-47-46(30-35)60-50-39(40-22-17-29-57-52(40)60)21-16-24-48(50)62(47,10)11/h12-33,61H,1-11H3. The zero-order chi connectivity index (χ0) is 43.7. The Balaban J connectivity index is 1.30. The molecule has 10 rings (SSSR count). The first kappa shape index (κ1) is 39.9. The van der Waals surface area contributed by atoms with Crippen LogP contribution in [0.15, 0.2) is 134 Å². The lowest BCUT2D eigenvalue weighted by Crippen LogP contribution is -2.57. The smallest absolute Gasteiger partial charge is 0.149 e. The van der Waals surface area contributed by atoms with Crippen LogP contribution in [0.3, 0.4) is 0 Å². The first-order valence-electron chi connectivity index (χ1n) is 22.0. The average Bonchev–Trinajstić information content (AvgIpc) is 3.78. The van der Waals surface area contributed by atoms with E-state index in [-0.39, 0.29) is 22.0 Å². The van der Waals surface area contributed by atoms with Crippen molar-refractivity contribution in [3.63, 3.8) is 0 Å². The van der Waals surface area contributed by atoms with Crippen molar-refractivity contribution in [2.45, 2.75) is 91.7 Å². The van der Waals surface area contributed by atoms with Crippen LogP contribution in [0.1, 0.15) is 79.0 Å². The van der Waals surface area contributed by atoms with Crippen molar-refractivity contribution in [3.05, 3.63) is 150 Å². The number of phenolic OH excluding ortho intramolecular Hbond substituents is 1. The van der Waals surface area contributed by atoms with Gasteiger partial charge in [-0.1, -0.05) is 160 Å². The predicted octanol–water partition coefficient (Wildman–Crippen LogP) is 13.3. The van der Waals surface area contributed by atoms with Gasteiger partial charge < -0.3 is 5.11 Å². The molecule has 62 heavy (non-hydrogen) atoms. The van der Waals surface area contributed by atoms with Crippen LogP contribution in [0.25, 0.3) is 78.0 Å². The lowest BCUT2D eigenvalue weighted by Gasteiger charge is -2.33. The number of fused-ring (bicyclic) bond motifs is 6. The minimum absolute atomic E-state index is 0.0630. The van der Waals surface area contributed by atoms with Gasteiger partial charge in [0.2, 0.25) is 0 Å². The molecule has 0 aliphatic carbocycles. The van der Waals surface area contributed by atoms with E-state index in [1.807, 2.05) is 12.3 Å². The lowest BCUT2D eigenvalue weighted by molar-refractivity contribution is 0.446. The van der Waals surface area contributed by atoms with E-state index in [1.54, 1.807) is 0 Å². The summed E-state index contributed by atoms with van der Waals surface area (Å²) in [5, 5.41) is 17.8. The van der Waals surface area contributed by atoms with Gasteiger partial charge in [0.1, 0.15) is 25.3 Å². The van der Waals surface area contributed by atoms with Gasteiger partial charge in [0, 0.05) is 39.3 Å². The number of aromatic nitrogens is 4. The second-order valence-corrected chi connectivity index (χ2v) is 25.3. The molecule has 0 bridgehead atoms. The Morgan fingerprint density at radius 3 is 1.97 bits per heavy atom.